The summed E-state index contributed by atoms with van der Waals surface area (Å²) in [6, 6.07) is 0.291. The smallest absolute Gasteiger partial charge is 0.227 e. The highest BCUT2D eigenvalue weighted by Gasteiger charge is 2.42. The van der Waals surface area contributed by atoms with Gasteiger partial charge in [-0.15, -0.1) is 12.4 Å². The fourth-order valence-corrected chi connectivity index (χ4v) is 3.85. The van der Waals surface area contributed by atoms with Crippen LogP contribution in [0.3, 0.4) is 0 Å². The van der Waals surface area contributed by atoms with Crippen LogP contribution in [0.5, 0.6) is 0 Å². The highest BCUT2D eigenvalue weighted by atomic mass is 35.5. The number of aromatic nitrogens is 2. The normalized spacial score (nSPS) is 27.6. The molecule has 1 saturated heterocycles. The minimum atomic E-state index is 0. The van der Waals surface area contributed by atoms with Gasteiger partial charge < -0.3 is 10.6 Å². The summed E-state index contributed by atoms with van der Waals surface area (Å²) < 4.78 is 1.85. The Bertz CT molecular complexity index is 542. The summed E-state index contributed by atoms with van der Waals surface area (Å²) in [5.41, 5.74) is 9.27. The van der Waals surface area contributed by atoms with E-state index in [4.69, 9.17) is 5.73 Å². The molecule has 1 aliphatic carbocycles. The Morgan fingerprint density at radius 1 is 1.33 bits per heavy atom. The van der Waals surface area contributed by atoms with Crippen molar-refractivity contribution in [2.24, 2.45) is 24.6 Å². The maximum atomic E-state index is 12.5. The lowest BCUT2D eigenvalue weighted by atomic mass is 9.98. The number of rotatable bonds is 2. The van der Waals surface area contributed by atoms with E-state index in [9.17, 15) is 4.79 Å². The van der Waals surface area contributed by atoms with Crippen molar-refractivity contribution in [3.63, 3.8) is 0 Å². The van der Waals surface area contributed by atoms with Crippen LogP contribution in [0.1, 0.15) is 29.8 Å². The minimum Gasteiger partial charge on any atom is -0.342 e. The van der Waals surface area contributed by atoms with Crippen LogP contribution < -0.4 is 5.73 Å². The lowest BCUT2D eigenvalue weighted by Crippen LogP contribution is -2.34. The molecular weight excluding hydrogens is 288 g/mol. The largest absolute Gasteiger partial charge is 0.342 e. The first kappa shape index (κ1) is 16.3. The highest BCUT2D eigenvalue weighted by molar-refractivity contribution is 5.85. The second-order valence-electron chi connectivity index (χ2n) is 6.41. The predicted octanol–water partition coefficient (Wildman–Crippen LogP) is 1.20. The zero-order valence-corrected chi connectivity index (χ0v) is 13.8. The van der Waals surface area contributed by atoms with Crippen molar-refractivity contribution < 1.29 is 4.79 Å². The van der Waals surface area contributed by atoms with Gasteiger partial charge in [0.2, 0.25) is 5.91 Å². The van der Waals surface area contributed by atoms with E-state index in [-0.39, 0.29) is 18.3 Å². The molecular formula is C15H25ClN4O. The summed E-state index contributed by atoms with van der Waals surface area (Å²) in [5.74, 6) is 1.38. The molecule has 2 heterocycles. The third-order valence-electron chi connectivity index (χ3n) is 5.25. The molecule has 118 valence electrons. The lowest BCUT2D eigenvalue weighted by molar-refractivity contribution is -0.129. The van der Waals surface area contributed by atoms with Crippen LogP contribution in [-0.4, -0.2) is 39.7 Å². The zero-order chi connectivity index (χ0) is 14.4. The summed E-state index contributed by atoms with van der Waals surface area (Å²) in [4.78, 5) is 14.5. The topological polar surface area (TPSA) is 64.2 Å². The van der Waals surface area contributed by atoms with Gasteiger partial charge in [-0.2, -0.15) is 5.10 Å². The third-order valence-corrected chi connectivity index (χ3v) is 5.25. The van der Waals surface area contributed by atoms with E-state index in [0.717, 1.165) is 36.5 Å². The SMILES string of the molecule is Cc1nn(C)c(C)c1CC(=O)N1CC2CCC(N)C2C1.Cl. The average Bonchev–Trinajstić information content (AvgIpc) is 3.02. The molecule has 0 radical (unpaired) electrons. The van der Waals surface area contributed by atoms with Gasteiger partial charge in [-0.1, -0.05) is 0 Å². The van der Waals surface area contributed by atoms with Gasteiger partial charge >= 0.3 is 0 Å². The number of likely N-dealkylation sites (tertiary alicyclic amines) is 1. The van der Waals surface area contributed by atoms with E-state index in [1.165, 1.54) is 6.42 Å². The first-order valence-corrected chi connectivity index (χ1v) is 7.49. The van der Waals surface area contributed by atoms with Crippen LogP contribution >= 0.6 is 12.4 Å². The number of halogens is 1. The van der Waals surface area contributed by atoms with Gasteiger partial charge in [0, 0.05) is 37.4 Å². The molecule has 2 fully saturated rings. The monoisotopic (exact) mass is 312 g/mol. The van der Waals surface area contributed by atoms with E-state index >= 15 is 0 Å². The van der Waals surface area contributed by atoms with Gasteiger partial charge in [-0.05, 0) is 38.5 Å². The van der Waals surface area contributed by atoms with E-state index in [1.807, 2.05) is 30.5 Å². The van der Waals surface area contributed by atoms with Crippen LogP contribution in [0, 0.1) is 25.7 Å². The van der Waals surface area contributed by atoms with E-state index in [1.54, 1.807) is 0 Å². The van der Waals surface area contributed by atoms with Crippen molar-refractivity contribution in [2.75, 3.05) is 13.1 Å². The van der Waals surface area contributed by atoms with Crippen molar-refractivity contribution in [2.45, 2.75) is 39.2 Å². The standard InChI is InChI=1S/C15H24N4O.ClH/c1-9-12(10(2)18(3)17-9)6-15(20)19-7-11-4-5-14(16)13(11)8-19;/h11,13-14H,4-8,16H2,1-3H3;1H. The summed E-state index contributed by atoms with van der Waals surface area (Å²) in [6.07, 6.45) is 2.78. The molecule has 0 bridgehead atoms. The van der Waals surface area contributed by atoms with Gasteiger partial charge in [-0.3, -0.25) is 9.48 Å². The van der Waals surface area contributed by atoms with Crippen molar-refractivity contribution in [3.05, 3.63) is 17.0 Å². The van der Waals surface area contributed by atoms with Crippen molar-refractivity contribution in [3.8, 4) is 0 Å². The number of nitrogens with two attached hydrogens (primary N) is 1. The van der Waals surface area contributed by atoms with Crippen molar-refractivity contribution >= 4 is 18.3 Å². The van der Waals surface area contributed by atoms with E-state index < -0.39 is 0 Å². The Balaban J connectivity index is 0.00000161. The maximum absolute atomic E-state index is 12.5. The number of carbonyl (C=O) groups excluding carboxylic acids is 1. The molecule has 3 unspecified atom stereocenters. The van der Waals surface area contributed by atoms with Gasteiger partial charge in [-0.25, -0.2) is 0 Å². The van der Waals surface area contributed by atoms with Gasteiger partial charge in [0.25, 0.3) is 0 Å². The summed E-state index contributed by atoms with van der Waals surface area (Å²) >= 11 is 0. The number of hydrogen-bond acceptors (Lipinski definition) is 3. The second kappa shape index (κ2) is 5.97. The number of carbonyl (C=O) groups is 1. The van der Waals surface area contributed by atoms with Crippen LogP contribution in [0.2, 0.25) is 0 Å². The molecule has 5 nitrogen and oxygen atoms in total. The van der Waals surface area contributed by atoms with Crippen molar-refractivity contribution in [1.82, 2.24) is 14.7 Å². The third kappa shape index (κ3) is 2.81. The Morgan fingerprint density at radius 2 is 2.05 bits per heavy atom. The minimum absolute atomic E-state index is 0. The summed E-state index contributed by atoms with van der Waals surface area (Å²) in [5, 5.41) is 4.39. The molecule has 1 saturated carbocycles. The van der Waals surface area contributed by atoms with Crippen LogP contribution in [0.15, 0.2) is 0 Å². The first-order chi connectivity index (χ1) is 9.47. The molecule has 6 heteroatoms. The molecule has 1 amide bonds. The van der Waals surface area contributed by atoms with Gasteiger partial charge in [0.1, 0.15) is 0 Å². The fourth-order valence-electron chi connectivity index (χ4n) is 3.85. The van der Waals surface area contributed by atoms with Crippen LogP contribution in [0.25, 0.3) is 0 Å². The molecule has 0 spiro atoms. The quantitative estimate of drug-likeness (QED) is 0.892. The first-order valence-electron chi connectivity index (χ1n) is 7.49. The van der Waals surface area contributed by atoms with Crippen LogP contribution in [0.4, 0.5) is 0 Å². The lowest BCUT2D eigenvalue weighted by Gasteiger charge is -2.19. The summed E-state index contributed by atoms with van der Waals surface area (Å²) in [7, 11) is 1.93. The molecule has 1 aromatic heterocycles. The maximum Gasteiger partial charge on any atom is 0.227 e. The number of aryl methyl sites for hydroxylation is 2. The van der Waals surface area contributed by atoms with E-state index in [2.05, 4.69) is 5.10 Å². The molecule has 2 N–H and O–H groups in total. The van der Waals surface area contributed by atoms with Crippen LogP contribution in [-0.2, 0) is 18.3 Å². The highest BCUT2D eigenvalue weighted by Crippen LogP contribution is 2.37. The predicted molar refractivity (Wildman–Crippen MR) is 84.4 cm³/mol. The molecule has 2 aliphatic rings. The Hall–Kier alpha value is -1.07. The van der Waals surface area contributed by atoms with E-state index in [0.29, 0.717) is 24.3 Å². The van der Waals surface area contributed by atoms with Gasteiger partial charge in [0.15, 0.2) is 0 Å². The Kier molecular flexibility index (Phi) is 4.63. The summed E-state index contributed by atoms with van der Waals surface area (Å²) in [6.45, 7) is 5.75. The number of hydrogen-bond donors (Lipinski definition) is 1. The molecule has 1 aromatic rings. The Labute approximate surface area is 132 Å². The number of fused-ring (bicyclic) bond motifs is 1. The zero-order valence-electron chi connectivity index (χ0n) is 13.0. The Morgan fingerprint density at radius 3 is 2.62 bits per heavy atom. The molecule has 3 atom stereocenters. The molecule has 21 heavy (non-hydrogen) atoms. The second-order valence-corrected chi connectivity index (χ2v) is 6.41. The molecule has 3 rings (SSSR count). The van der Waals surface area contributed by atoms with Gasteiger partial charge in [0.05, 0.1) is 12.1 Å². The molecule has 1 aliphatic heterocycles. The number of amides is 1. The number of nitrogens with zero attached hydrogens (tertiary/aromatic N) is 3. The van der Waals surface area contributed by atoms with Crippen molar-refractivity contribution in [1.29, 1.82) is 0 Å². The average molecular weight is 313 g/mol. The fraction of sp³-hybridized carbons (Fsp3) is 0.733. The molecule has 0 aromatic carbocycles.